The topological polar surface area (TPSA) is 71.2 Å². The fourth-order valence-electron chi connectivity index (χ4n) is 2.86. The molecule has 0 radical (unpaired) electrons. The van der Waals surface area contributed by atoms with Gasteiger partial charge in [0, 0.05) is 26.7 Å². The van der Waals surface area contributed by atoms with Gasteiger partial charge in [0.15, 0.2) is 0 Å². The second kappa shape index (κ2) is 5.42. The number of nitrogens with two attached hydrogens (primary N) is 1. The second-order valence-corrected chi connectivity index (χ2v) is 6.19. The van der Waals surface area contributed by atoms with Crippen LogP contribution < -0.4 is 15.5 Å². The van der Waals surface area contributed by atoms with Crippen LogP contribution in [0.3, 0.4) is 0 Å². The zero-order chi connectivity index (χ0) is 14.1. The van der Waals surface area contributed by atoms with Crippen molar-refractivity contribution < 1.29 is 0 Å². The molecule has 1 aromatic rings. The number of anilines is 3. The van der Waals surface area contributed by atoms with Gasteiger partial charge in [0.25, 0.3) is 0 Å². The molecule has 2 aliphatic rings. The molecule has 1 aliphatic carbocycles. The average Bonchev–Trinajstić information content (AvgIpc) is 3.14. The number of piperidine rings is 1. The van der Waals surface area contributed by atoms with Crippen molar-refractivity contribution in [2.45, 2.75) is 32.6 Å². The molecule has 3 rings (SSSR count). The average molecular weight is 276 g/mol. The van der Waals surface area contributed by atoms with Crippen LogP contribution in [0.5, 0.6) is 0 Å². The SMILES string of the molecule is CC1CC1CN(C)c1nc(N)nc(N2CCCCC2)n1. The van der Waals surface area contributed by atoms with E-state index in [1.165, 1.54) is 25.7 Å². The summed E-state index contributed by atoms with van der Waals surface area (Å²) in [5.41, 5.74) is 5.86. The Morgan fingerprint density at radius 2 is 1.90 bits per heavy atom. The minimum absolute atomic E-state index is 0.325. The molecule has 2 atom stereocenters. The quantitative estimate of drug-likeness (QED) is 0.899. The first-order chi connectivity index (χ1) is 9.63. The van der Waals surface area contributed by atoms with Gasteiger partial charge in [-0.05, 0) is 37.5 Å². The molecule has 1 saturated carbocycles. The molecular weight excluding hydrogens is 252 g/mol. The Hall–Kier alpha value is -1.59. The van der Waals surface area contributed by atoms with Gasteiger partial charge in [0.2, 0.25) is 17.8 Å². The Kier molecular flexibility index (Phi) is 3.63. The highest BCUT2D eigenvalue weighted by Gasteiger charge is 2.33. The minimum Gasteiger partial charge on any atom is -0.368 e. The van der Waals surface area contributed by atoms with Crippen molar-refractivity contribution in [2.75, 3.05) is 42.2 Å². The standard InChI is InChI=1S/C14H24N6/c1-10-8-11(10)9-19(2)13-16-12(15)17-14(18-13)20-6-4-3-5-7-20/h10-11H,3-9H2,1-2H3,(H2,15,16,17,18). The third kappa shape index (κ3) is 2.94. The fourth-order valence-corrected chi connectivity index (χ4v) is 2.86. The number of nitrogen functional groups attached to an aromatic ring is 1. The summed E-state index contributed by atoms with van der Waals surface area (Å²) in [6.07, 6.45) is 5.01. The molecule has 0 amide bonds. The molecule has 1 aliphatic heterocycles. The van der Waals surface area contributed by atoms with Crippen molar-refractivity contribution >= 4 is 17.8 Å². The van der Waals surface area contributed by atoms with E-state index >= 15 is 0 Å². The van der Waals surface area contributed by atoms with E-state index in [-0.39, 0.29) is 0 Å². The molecule has 2 fully saturated rings. The zero-order valence-electron chi connectivity index (χ0n) is 12.4. The van der Waals surface area contributed by atoms with Crippen LogP contribution in [-0.4, -0.2) is 41.6 Å². The van der Waals surface area contributed by atoms with E-state index < -0.39 is 0 Å². The largest absolute Gasteiger partial charge is 0.368 e. The Morgan fingerprint density at radius 1 is 1.20 bits per heavy atom. The van der Waals surface area contributed by atoms with Crippen LogP contribution >= 0.6 is 0 Å². The predicted molar refractivity (Wildman–Crippen MR) is 80.8 cm³/mol. The molecule has 2 N–H and O–H groups in total. The van der Waals surface area contributed by atoms with Crippen molar-refractivity contribution in [1.29, 1.82) is 0 Å². The highest BCUT2D eigenvalue weighted by Crippen LogP contribution is 2.38. The van der Waals surface area contributed by atoms with Gasteiger partial charge in [-0.2, -0.15) is 15.0 Å². The van der Waals surface area contributed by atoms with E-state index in [1.54, 1.807) is 0 Å². The van der Waals surface area contributed by atoms with Gasteiger partial charge in [-0.25, -0.2) is 0 Å². The number of hydrogen-bond donors (Lipinski definition) is 1. The summed E-state index contributed by atoms with van der Waals surface area (Å²) in [4.78, 5) is 17.5. The Labute approximate surface area is 120 Å². The molecule has 0 aromatic carbocycles. The first kappa shape index (κ1) is 13.4. The van der Waals surface area contributed by atoms with Gasteiger partial charge in [-0.1, -0.05) is 6.92 Å². The zero-order valence-corrected chi connectivity index (χ0v) is 12.4. The number of hydrogen-bond acceptors (Lipinski definition) is 6. The third-order valence-corrected chi connectivity index (χ3v) is 4.39. The highest BCUT2D eigenvalue weighted by molar-refractivity contribution is 5.43. The number of nitrogens with zero attached hydrogens (tertiary/aromatic N) is 5. The van der Waals surface area contributed by atoms with Crippen molar-refractivity contribution in [3.8, 4) is 0 Å². The molecule has 1 saturated heterocycles. The summed E-state index contributed by atoms with van der Waals surface area (Å²) in [6, 6.07) is 0. The first-order valence-corrected chi connectivity index (χ1v) is 7.61. The van der Waals surface area contributed by atoms with E-state index in [0.29, 0.717) is 11.9 Å². The maximum atomic E-state index is 5.86. The minimum atomic E-state index is 0.325. The number of aromatic nitrogens is 3. The molecule has 2 unspecified atom stereocenters. The Bertz CT molecular complexity index is 471. The van der Waals surface area contributed by atoms with Crippen molar-refractivity contribution in [1.82, 2.24) is 15.0 Å². The van der Waals surface area contributed by atoms with E-state index in [9.17, 15) is 0 Å². The van der Waals surface area contributed by atoms with Crippen molar-refractivity contribution in [3.63, 3.8) is 0 Å². The summed E-state index contributed by atoms with van der Waals surface area (Å²) in [6.45, 7) is 5.34. The van der Waals surface area contributed by atoms with Crippen molar-refractivity contribution in [3.05, 3.63) is 0 Å². The first-order valence-electron chi connectivity index (χ1n) is 7.61. The maximum absolute atomic E-state index is 5.86. The van der Waals surface area contributed by atoms with Gasteiger partial charge in [0.05, 0.1) is 0 Å². The monoisotopic (exact) mass is 276 g/mol. The summed E-state index contributed by atoms with van der Waals surface area (Å²) >= 11 is 0. The van der Waals surface area contributed by atoms with Gasteiger partial charge in [-0.15, -0.1) is 0 Å². The summed E-state index contributed by atoms with van der Waals surface area (Å²) in [7, 11) is 2.04. The van der Waals surface area contributed by atoms with Gasteiger partial charge in [-0.3, -0.25) is 0 Å². The Balaban J connectivity index is 1.74. The molecule has 6 heteroatoms. The van der Waals surface area contributed by atoms with Crippen LogP contribution in [0.1, 0.15) is 32.6 Å². The smallest absolute Gasteiger partial charge is 0.231 e. The van der Waals surface area contributed by atoms with Gasteiger partial charge < -0.3 is 15.5 Å². The van der Waals surface area contributed by atoms with Crippen LogP contribution in [0.15, 0.2) is 0 Å². The van der Waals surface area contributed by atoms with Crippen LogP contribution in [0.4, 0.5) is 17.8 Å². The van der Waals surface area contributed by atoms with E-state index in [2.05, 4.69) is 31.7 Å². The number of rotatable bonds is 4. The second-order valence-electron chi connectivity index (χ2n) is 6.19. The lowest BCUT2D eigenvalue weighted by molar-refractivity contribution is 0.567. The molecule has 2 heterocycles. The molecule has 0 spiro atoms. The molecule has 6 nitrogen and oxygen atoms in total. The maximum Gasteiger partial charge on any atom is 0.231 e. The molecule has 1 aromatic heterocycles. The summed E-state index contributed by atoms with van der Waals surface area (Å²) < 4.78 is 0. The van der Waals surface area contributed by atoms with Crippen LogP contribution in [0.25, 0.3) is 0 Å². The lowest BCUT2D eigenvalue weighted by Gasteiger charge is -2.27. The van der Waals surface area contributed by atoms with Crippen molar-refractivity contribution in [2.24, 2.45) is 11.8 Å². The summed E-state index contributed by atoms with van der Waals surface area (Å²) in [5.74, 6) is 3.38. The van der Waals surface area contributed by atoms with Crippen LogP contribution in [0.2, 0.25) is 0 Å². The predicted octanol–water partition coefficient (Wildman–Crippen LogP) is 1.54. The molecular formula is C14H24N6. The fraction of sp³-hybridized carbons (Fsp3) is 0.786. The molecule has 110 valence electrons. The highest BCUT2D eigenvalue weighted by atomic mass is 15.3. The lowest BCUT2D eigenvalue weighted by Crippen LogP contribution is -2.32. The molecule has 20 heavy (non-hydrogen) atoms. The third-order valence-electron chi connectivity index (χ3n) is 4.39. The van der Waals surface area contributed by atoms with E-state index in [4.69, 9.17) is 5.73 Å². The van der Waals surface area contributed by atoms with Gasteiger partial charge >= 0.3 is 0 Å². The summed E-state index contributed by atoms with van der Waals surface area (Å²) in [5, 5.41) is 0. The van der Waals surface area contributed by atoms with E-state index in [0.717, 1.165) is 37.4 Å². The van der Waals surface area contributed by atoms with E-state index in [1.807, 2.05) is 7.05 Å². The molecule has 0 bridgehead atoms. The van der Waals surface area contributed by atoms with Crippen LogP contribution in [0, 0.1) is 11.8 Å². The normalized spacial score (nSPS) is 25.6. The Morgan fingerprint density at radius 3 is 2.55 bits per heavy atom. The van der Waals surface area contributed by atoms with Crippen LogP contribution in [-0.2, 0) is 0 Å². The van der Waals surface area contributed by atoms with Gasteiger partial charge in [0.1, 0.15) is 0 Å². The lowest BCUT2D eigenvalue weighted by atomic mass is 10.1.